The Morgan fingerprint density at radius 2 is 1.58 bits per heavy atom. The molecular weight excluding hydrogens is 232 g/mol. The third-order valence-electron chi connectivity index (χ3n) is 4.78. The lowest BCUT2D eigenvalue weighted by Crippen LogP contribution is -2.48. The Morgan fingerprint density at radius 1 is 1.00 bits per heavy atom. The molecule has 0 amide bonds. The number of hydrogen-bond acceptors (Lipinski definition) is 2. The van der Waals surface area contributed by atoms with Crippen LogP contribution in [0.5, 0.6) is 0 Å². The molecule has 2 aliphatic rings. The van der Waals surface area contributed by atoms with Crippen LogP contribution in [0.25, 0.3) is 0 Å². The average molecular weight is 258 g/mol. The molecule has 0 atom stereocenters. The van der Waals surface area contributed by atoms with Crippen molar-refractivity contribution >= 4 is 0 Å². The zero-order valence-electron chi connectivity index (χ0n) is 12.2. The number of hydrogen-bond donors (Lipinski definition) is 1. The lowest BCUT2D eigenvalue weighted by atomic mass is 10.0. The van der Waals surface area contributed by atoms with Crippen LogP contribution in [0.15, 0.2) is 24.3 Å². The first-order valence-corrected chi connectivity index (χ1v) is 7.79. The first-order chi connectivity index (χ1) is 9.22. The van der Waals surface area contributed by atoms with Crippen LogP contribution in [-0.2, 0) is 12.8 Å². The highest BCUT2D eigenvalue weighted by molar-refractivity contribution is 5.33. The Labute approximate surface area is 117 Å². The minimum Gasteiger partial charge on any atom is -0.310 e. The van der Waals surface area contributed by atoms with Gasteiger partial charge in [0.15, 0.2) is 0 Å². The van der Waals surface area contributed by atoms with Crippen molar-refractivity contribution in [2.45, 2.75) is 57.7 Å². The van der Waals surface area contributed by atoms with E-state index in [1.165, 1.54) is 38.8 Å². The number of likely N-dealkylation sites (tertiary alicyclic amines) is 1. The highest BCUT2D eigenvalue weighted by Gasteiger charge is 2.26. The van der Waals surface area contributed by atoms with Gasteiger partial charge in [-0.1, -0.05) is 24.3 Å². The second kappa shape index (κ2) is 5.64. The zero-order valence-corrected chi connectivity index (χ0v) is 12.2. The molecule has 1 fully saturated rings. The normalized spacial score (nSPS) is 22.1. The number of fused-ring (bicyclic) bond motifs is 1. The van der Waals surface area contributed by atoms with Crippen LogP contribution in [-0.4, -0.2) is 36.1 Å². The summed E-state index contributed by atoms with van der Waals surface area (Å²) >= 11 is 0. The van der Waals surface area contributed by atoms with E-state index in [2.05, 4.69) is 48.3 Å². The van der Waals surface area contributed by atoms with Crippen molar-refractivity contribution in [3.8, 4) is 0 Å². The van der Waals surface area contributed by atoms with E-state index in [1.54, 1.807) is 11.1 Å². The van der Waals surface area contributed by atoms with Crippen molar-refractivity contribution in [2.24, 2.45) is 0 Å². The average Bonchev–Trinajstić information content (AvgIpc) is 2.81. The van der Waals surface area contributed by atoms with Crippen molar-refractivity contribution < 1.29 is 0 Å². The Hall–Kier alpha value is -0.860. The molecule has 1 aliphatic carbocycles. The summed E-state index contributed by atoms with van der Waals surface area (Å²) in [5.41, 5.74) is 3.11. The molecule has 1 N–H and O–H groups in total. The Balaban J connectivity index is 1.50. The van der Waals surface area contributed by atoms with Crippen molar-refractivity contribution in [1.82, 2.24) is 10.2 Å². The number of benzene rings is 1. The maximum atomic E-state index is 3.90. The predicted octanol–water partition coefficient (Wildman–Crippen LogP) is 2.62. The quantitative estimate of drug-likeness (QED) is 0.896. The van der Waals surface area contributed by atoms with Crippen LogP contribution >= 0.6 is 0 Å². The largest absolute Gasteiger partial charge is 0.310 e. The third-order valence-corrected chi connectivity index (χ3v) is 4.78. The summed E-state index contributed by atoms with van der Waals surface area (Å²) in [4.78, 5) is 2.60. The molecule has 0 bridgehead atoms. The van der Waals surface area contributed by atoms with Crippen molar-refractivity contribution in [3.05, 3.63) is 35.4 Å². The molecule has 2 heteroatoms. The van der Waals surface area contributed by atoms with E-state index in [9.17, 15) is 0 Å². The SMILES string of the molecule is CC(C)N1CCC(NC2Cc3ccccc3C2)CC1. The molecule has 3 rings (SSSR count). The summed E-state index contributed by atoms with van der Waals surface area (Å²) in [7, 11) is 0. The fourth-order valence-corrected chi connectivity index (χ4v) is 3.59. The van der Waals surface area contributed by atoms with Gasteiger partial charge in [0.25, 0.3) is 0 Å². The van der Waals surface area contributed by atoms with E-state index in [4.69, 9.17) is 0 Å². The molecule has 1 heterocycles. The fraction of sp³-hybridized carbons (Fsp3) is 0.647. The highest BCUT2D eigenvalue weighted by Crippen LogP contribution is 2.23. The van der Waals surface area contributed by atoms with Crippen LogP contribution in [0.1, 0.15) is 37.8 Å². The summed E-state index contributed by atoms with van der Waals surface area (Å²) < 4.78 is 0. The van der Waals surface area contributed by atoms with Crippen LogP contribution in [0.3, 0.4) is 0 Å². The molecule has 0 spiro atoms. The van der Waals surface area contributed by atoms with E-state index >= 15 is 0 Å². The van der Waals surface area contributed by atoms with Gasteiger partial charge in [-0.3, -0.25) is 0 Å². The molecule has 1 aromatic rings. The van der Waals surface area contributed by atoms with Gasteiger partial charge >= 0.3 is 0 Å². The van der Waals surface area contributed by atoms with Crippen LogP contribution in [0.4, 0.5) is 0 Å². The first kappa shape index (κ1) is 13.1. The minimum absolute atomic E-state index is 0.674. The molecule has 0 aromatic heterocycles. The summed E-state index contributed by atoms with van der Waals surface area (Å²) in [6.45, 7) is 7.13. The smallest absolute Gasteiger partial charge is 0.0151 e. The van der Waals surface area contributed by atoms with E-state index < -0.39 is 0 Å². The lowest BCUT2D eigenvalue weighted by Gasteiger charge is -2.36. The summed E-state index contributed by atoms with van der Waals surface area (Å²) in [5, 5.41) is 3.90. The van der Waals surface area contributed by atoms with Gasteiger partial charge in [-0.15, -0.1) is 0 Å². The van der Waals surface area contributed by atoms with Crippen LogP contribution in [0.2, 0.25) is 0 Å². The van der Waals surface area contributed by atoms with Crippen LogP contribution < -0.4 is 5.32 Å². The maximum absolute atomic E-state index is 3.90. The van der Waals surface area contributed by atoms with Gasteiger partial charge < -0.3 is 10.2 Å². The zero-order chi connectivity index (χ0) is 13.2. The minimum atomic E-state index is 0.674. The van der Waals surface area contributed by atoms with Gasteiger partial charge in [0.05, 0.1) is 0 Å². The van der Waals surface area contributed by atoms with Gasteiger partial charge in [0, 0.05) is 18.1 Å². The second-order valence-corrected chi connectivity index (χ2v) is 6.44. The molecule has 1 aromatic carbocycles. The third kappa shape index (κ3) is 3.01. The van der Waals surface area contributed by atoms with Crippen molar-refractivity contribution in [3.63, 3.8) is 0 Å². The summed E-state index contributed by atoms with van der Waals surface area (Å²) in [6, 6.07) is 11.0. The maximum Gasteiger partial charge on any atom is 0.0151 e. The summed E-state index contributed by atoms with van der Waals surface area (Å²) in [5.74, 6) is 0. The molecule has 1 saturated heterocycles. The number of nitrogens with one attached hydrogen (secondary N) is 1. The summed E-state index contributed by atoms with van der Waals surface area (Å²) in [6.07, 6.45) is 5.07. The monoisotopic (exact) mass is 258 g/mol. The van der Waals surface area contributed by atoms with Crippen molar-refractivity contribution in [2.75, 3.05) is 13.1 Å². The fourth-order valence-electron chi connectivity index (χ4n) is 3.59. The van der Waals surface area contributed by atoms with Crippen molar-refractivity contribution in [1.29, 1.82) is 0 Å². The van der Waals surface area contributed by atoms with Crippen LogP contribution in [0, 0.1) is 0 Å². The van der Waals surface area contributed by atoms with E-state index in [0.717, 1.165) is 6.04 Å². The number of rotatable bonds is 3. The van der Waals surface area contributed by atoms with Gasteiger partial charge in [0.2, 0.25) is 0 Å². The van der Waals surface area contributed by atoms with E-state index in [-0.39, 0.29) is 0 Å². The Morgan fingerprint density at radius 3 is 2.11 bits per heavy atom. The van der Waals surface area contributed by atoms with Gasteiger partial charge in [-0.2, -0.15) is 0 Å². The van der Waals surface area contributed by atoms with Gasteiger partial charge in [-0.05, 0) is 63.7 Å². The number of nitrogens with zero attached hydrogens (tertiary/aromatic N) is 1. The molecule has 0 saturated carbocycles. The molecule has 0 radical (unpaired) electrons. The lowest BCUT2D eigenvalue weighted by molar-refractivity contribution is 0.157. The Kier molecular flexibility index (Phi) is 3.90. The first-order valence-electron chi connectivity index (χ1n) is 7.79. The standard InChI is InChI=1S/C17H26N2/c1-13(2)19-9-7-16(8-10-19)18-17-11-14-5-3-4-6-15(14)12-17/h3-6,13,16-18H,7-12H2,1-2H3. The molecule has 19 heavy (non-hydrogen) atoms. The molecule has 104 valence electrons. The highest BCUT2D eigenvalue weighted by atomic mass is 15.2. The Bertz CT molecular complexity index is 394. The van der Waals surface area contributed by atoms with Gasteiger partial charge in [0.1, 0.15) is 0 Å². The molecular formula is C17H26N2. The molecule has 2 nitrogen and oxygen atoms in total. The molecule has 0 unspecified atom stereocenters. The predicted molar refractivity (Wildman–Crippen MR) is 80.5 cm³/mol. The molecule has 1 aliphatic heterocycles. The van der Waals surface area contributed by atoms with Gasteiger partial charge in [-0.25, -0.2) is 0 Å². The number of piperidine rings is 1. The second-order valence-electron chi connectivity index (χ2n) is 6.44. The van der Waals surface area contributed by atoms with E-state index in [0.29, 0.717) is 12.1 Å². The topological polar surface area (TPSA) is 15.3 Å². The van der Waals surface area contributed by atoms with E-state index in [1.807, 2.05) is 0 Å².